The van der Waals surface area contributed by atoms with Crippen LogP contribution < -0.4 is 15.8 Å². The Morgan fingerprint density at radius 3 is 2.56 bits per heavy atom. The Morgan fingerprint density at radius 1 is 1.33 bits per heavy atom. The fourth-order valence-electron chi connectivity index (χ4n) is 1.25. The van der Waals surface area contributed by atoms with Crippen LogP contribution in [0.1, 0.15) is 18.2 Å². The van der Waals surface area contributed by atoms with Crippen molar-refractivity contribution in [3.8, 4) is 0 Å². The van der Waals surface area contributed by atoms with Gasteiger partial charge < -0.3 is 10.6 Å². The van der Waals surface area contributed by atoms with E-state index in [4.69, 9.17) is 5.14 Å². The van der Waals surface area contributed by atoms with Gasteiger partial charge in [-0.05, 0) is 25.0 Å². The summed E-state index contributed by atoms with van der Waals surface area (Å²) in [7, 11) is -3.62. The quantitative estimate of drug-likeness (QED) is 0.717. The Labute approximate surface area is 111 Å². The lowest BCUT2D eigenvalue weighted by molar-refractivity contribution is 0.241. The Kier molecular flexibility index (Phi) is 5.57. The van der Waals surface area contributed by atoms with Crippen molar-refractivity contribution >= 4 is 27.4 Å². The van der Waals surface area contributed by atoms with Crippen molar-refractivity contribution in [1.29, 1.82) is 0 Å². The topological polar surface area (TPSA) is 101 Å². The number of hydrogen-bond donors (Lipinski definition) is 3. The molecule has 6 nitrogen and oxygen atoms in total. The van der Waals surface area contributed by atoms with Crippen LogP contribution >= 0.6 is 11.3 Å². The van der Waals surface area contributed by atoms with Crippen LogP contribution in [0.3, 0.4) is 0 Å². The van der Waals surface area contributed by atoms with Gasteiger partial charge in [0.05, 0.1) is 0 Å². The molecular weight excluding hydrogens is 274 g/mol. The molecule has 102 valence electrons. The lowest BCUT2D eigenvalue weighted by Gasteiger charge is -2.05. The third kappa shape index (κ3) is 5.03. The van der Waals surface area contributed by atoms with Crippen LogP contribution in [-0.4, -0.2) is 27.5 Å². The number of urea groups is 1. The highest BCUT2D eigenvalue weighted by Gasteiger charge is 2.10. The molecule has 0 fully saturated rings. The molecule has 0 saturated carbocycles. The lowest BCUT2D eigenvalue weighted by Crippen LogP contribution is -2.36. The molecule has 0 bridgehead atoms. The predicted molar refractivity (Wildman–Crippen MR) is 71.1 cm³/mol. The third-order valence-corrected chi connectivity index (χ3v) is 4.69. The molecule has 0 atom stereocenters. The van der Waals surface area contributed by atoms with Crippen molar-refractivity contribution in [2.75, 3.05) is 13.1 Å². The predicted octanol–water partition coefficient (Wildman–Crippen LogP) is 0.647. The van der Waals surface area contributed by atoms with E-state index < -0.39 is 10.0 Å². The van der Waals surface area contributed by atoms with Crippen molar-refractivity contribution < 1.29 is 13.2 Å². The van der Waals surface area contributed by atoms with E-state index in [1.54, 1.807) is 6.07 Å². The van der Waals surface area contributed by atoms with Gasteiger partial charge in [0.2, 0.25) is 10.0 Å². The molecule has 1 aromatic heterocycles. The molecule has 0 aliphatic rings. The van der Waals surface area contributed by atoms with Gasteiger partial charge in [0, 0.05) is 18.0 Å². The second kappa shape index (κ2) is 6.72. The van der Waals surface area contributed by atoms with Crippen LogP contribution in [0.25, 0.3) is 0 Å². The molecule has 0 saturated heterocycles. The van der Waals surface area contributed by atoms with E-state index in [0.717, 1.165) is 22.6 Å². The minimum Gasteiger partial charge on any atom is -0.338 e. The van der Waals surface area contributed by atoms with Gasteiger partial charge in [-0.15, -0.1) is 11.3 Å². The fraction of sp³-hybridized carbons (Fsp3) is 0.500. The fourth-order valence-corrected chi connectivity index (χ4v) is 3.02. The second-order valence-corrected chi connectivity index (χ2v) is 6.66. The second-order valence-electron chi connectivity index (χ2n) is 3.70. The minimum atomic E-state index is -3.62. The number of primary sulfonamides is 1. The van der Waals surface area contributed by atoms with E-state index in [9.17, 15) is 13.2 Å². The summed E-state index contributed by atoms with van der Waals surface area (Å²) in [6.07, 6.45) is 1.47. The number of hydrogen-bond acceptors (Lipinski definition) is 4. The molecule has 1 aromatic rings. The number of carbonyl (C=O) groups is 1. The monoisotopic (exact) mass is 291 g/mol. The maximum absolute atomic E-state index is 11.2. The van der Waals surface area contributed by atoms with Gasteiger partial charge in [-0.3, -0.25) is 0 Å². The van der Waals surface area contributed by atoms with Crippen LogP contribution in [-0.2, 0) is 16.4 Å². The highest BCUT2D eigenvalue weighted by Crippen LogP contribution is 2.20. The summed E-state index contributed by atoms with van der Waals surface area (Å²) in [4.78, 5) is 12.1. The molecule has 0 unspecified atom stereocenters. The Hall–Kier alpha value is -1.12. The van der Waals surface area contributed by atoms with Gasteiger partial charge in [-0.1, -0.05) is 6.92 Å². The van der Waals surface area contributed by atoms with Crippen molar-refractivity contribution in [2.24, 2.45) is 5.14 Å². The maximum atomic E-state index is 11.2. The van der Waals surface area contributed by atoms with E-state index in [1.165, 1.54) is 6.07 Å². The number of nitrogens with two attached hydrogens (primary N) is 1. The maximum Gasteiger partial charge on any atom is 0.314 e. The Bertz CT molecular complexity index is 496. The summed E-state index contributed by atoms with van der Waals surface area (Å²) < 4.78 is 22.3. The molecule has 0 aromatic carbocycles. The third-order valence-electron chi connectivity index (χ3n) is 2.11. The van der Waals surface area contributed by atoms with Crippen LogP contribution in [0, 0.1) is 0 Å². The molecule has 1 heterocycles. The van der Waals surface area contributed by atoms with Crippen LogP contribution in [0.2, 0.25) is 0 Å². The average Bonchev–Trinajstić information content (AvgIpc) is 2.74. The summed E-state index contributed by atoms with van der Waals surface area (Å²) >= 11 is 1.12. The van der Waals surface area contributed by atoms with Crippen LogP contribution in [0.5, 0.6) is 0 Å². The molecule has 18 heavy (non-hydrogen) atoms. The molecule has 4 N–H and O–H groups in total. The van der Waals surface area contributed by atoms with E-state index in [0.29, 0.717) is 19.5 Å². The van der Waals surface area contributed by atoms with Gasteiger partial charge in [0.15, 0.2) is 0 Å². The summed E-state index contributed by atoms with van der Waals surface area (Å²) in [6.45, 7) is 3.07. The first kappa shape index (κ1) is 14.9. The van der Waals surface area contributed by atoms with E-state index in [-0.39, 0.29) is 10.2 Å². The molecule has 0 radical (unpaired) electrons. The molecule has 0 aliphatic heterocycles. The van der Waals surface area contributed by atoms with Gasteiger partial charge in [-0.2, -0.15) is 0 Å². The van der Waals surface area contributed by atoms with E-state index in [2.05, 4.69) is 10.6 Å². The lowest BCUT2D eigenvalue weighted by atomic mass is 10.3. The summed E-state index contributed by atoms with van der Waals surface area (Å²) in [5.41, 5.74) is 0. The normalized spacial score (nSPS) is 11.2. The van der Waals surface area contributed by atoms with Gasteiger partial charge in [-0.25, -0.2) is 18.4 Å². The van der Waals surface area contributed by atoms with Gasteiger partial charge in [0.25, 0.3) is 0 Å². The number of rotatable bonds is 6. The van der Waals surface area contributed by atoms with Crippen molar-refractivity contribution in [3.05, 3.63) is 17.0 Å². The number of thiophene rings is 1. The zero-order chi connectivity index (χ0) is 13.6. The van der Waals surface area contributed by atoms with E-state index >= 15 is 0 Å². The number of nitrogens with one attached hydrogen (secondary N) is 2. The summed E-state index contributed by atoms with van der Waals surface area (Å²) in [5.74, 6) is 0. The van der Waals surface area contributed by atoms with Gasteiger partial charge >= 0.3 is 6.03 Å². The number of amides is 2. The molecule has 0 spiro atoms. The van der Waals surface area contributed by atoms with Crippen molar-refractivity contribution in [2.45, 2.75) is 24.0 Å². The van der Waals surface area contributed by atoms with Crippen LogP contribution in [0.4, 0.5) is 4.79 Å². The first-order chi connectivity index (χ1) is 8.43. The number of sulfonamides is 1. The first-order valence-electron chi connectivity index (χ1n) is 5.56. The summed E-state index contributed by atoms with van der Waals surface area (Å²) in [6, 6.07) is 2.97. The smallest absolute Gasteiger partial charge is 0.314 e. The zero-order valence-corrected chi connectivity index (χ0v) is 11.7. The summed E-state index contributed by atoms with van der Waals surface area (Å²) in [5, 5.41) is 10.4. The largest absolute Gasteiger partial charge is 0.338 e. The zero-order valence-electron chi connectivity index (χ0n) is 10.1. The highest BCUT2D eigenvalue weighted by atomic mass is 32.2. The molecule has 2 amide bonds. The highest BCUT2D eigenvalue weighted by molar-refractivity contribution is 7.91. The van der Waals surface area contributed by atoms with Crippen LogP contribution in [0.15, 0.2) is 16.3 Å². The van der Waals surface area contributed by atoms with E-state index in [1.807, 2.05) is 6.92 Å². The minimum absolute atomic E-state index is 0.146. The van der Waals surface area contributed by atoms with Gasteiger partial charge in [0.1, 0.15) is 4.21 Å². The Morgan fingerprint density at radius 2 is 2.00 bits per heavy atom. The number of carbonyl (C=O) groups excluding carboxylic acids is 1. The molecule has 8 heteroatoms. The molecule has 1 rings (SSSR count). The average molecular weight is 291 g/mol. The SMILES string of the molecule is CCCNC(=O)NCCc1ccc(S(N)(=O)=O)s1. The Balaban J connectivity index is 2.36. The van der Waals surface area contributed by atoms with Crippen molar-refractivity contribution in [3.63, 3.8) is 0 Å². The first-order valence-corrected chi connectivity index (χ1v) is 7.93. The van der Waals surface area contributed by atoms with Crippen molar-refractivity contribution in [1.82, 2.24) is 10.6 Å². The molecule has 0 aliphatic carbocycles. The standard InChI is InChI=1S/C10H17N3O3S2/c1-2-6-12-10(14)13-7-5-8-3-4-9(17-8)18(11,15)16/h3-4H,2,5-7H2,1H3,(H2,11,15,16)(H2,12,13,14). The molecular formula is C10H17N3O3S2.